The second-order valence-electron chi connectivity index (χ2n) is 4.51. The highest BCUT2D eigenvalue weighted by Crippen LogP contribution is 2.23. The van der Waals surface area contributed by atoms with Crippen LogP contribution in [-0.4, -0.2) is 28.5 Å². The minimum atomic E-state index is -0.255. The lowest BCUT2D eigenvalue weighted by atomic mass is 9.99. The highest BCUT2D eigenvalue weighted by Gasteiger charge is 2.25. The molecule has 0 aromatic carbocycles. The highest BCUT2D eigenvalue weighted by molar-refractivity contribution is 5.75. The fraction of sp³-hybridized carbons (Fsp3) is 0.583. The van der Waals surface area contributed by atoms with Crippen molar-refractivity contribution in [2.24, 2.45) is 5.73 Å². The first kappa shape index (κ1) is 11.8. The summed E-state index contributed by atoms with van der Waals surface area (Å²) in [5, 5.41) is 0. The van der Waals surface area contributed by atoms with E-state index >= 15 is 0 Å². The summed E-state index contributed by atoms with van der Waals surface area (Å²) in [6.07, 6.45) is 5.39. The SMILES string of the molecule is Cc1ccnc(N2CCCC[C@@H]2CC(N)=O)n1. The topological polar surface area (TPSA) is 72.1 Å². The summed E-state index contributed by atoms with van der Waals surface area (Å²) in [6, 6.07) is 2.03. The molecule has 5 nitrogen and oxygen atoms in total. The largest absolute Gasteiger partial charge is 0.370 e. The molecule has 1 atom stereocenters. The molecule has 92 valence electrons. The molecule has 0 radical (unpaired) electrons. The smallest absolute Gasteiger partial charge is 0.225 e. The predicted octanol–water partition coefficient (Wildman–Crippen LogP) is 1.02. The molecule has 2 rings (SSSR count). The number of carbonyl (C=O) groups is 1. The van der Waals surface area contributed by atoms with E-state index in [-0.39, 0.29) is 11.9 Å². The Morgan fingerprint density at radius 2 is 2.41 bits per heavy atom. The van der Waals surface area contributed by atoms with Crippen molar-refractivity contribution < 1.29 is 4.79 Å². The molecule has 1 saturated heterocycles. The van der Waals surface area contributed by atoms with Crippen molar-refractivity contribution in [3.05, 3.63) is 18.0 Å². The zero-order chi connectivity index (χ0) is 12.3. The average Bonchev–Trinajstić information content (AvgIpc) is 2.29. The summed E-state index contributed by atoms with van der Waals surface area (Å²) >= 11 is 0. The maximum Gasteiger partial charge on any atom is 0.225 e. The first-order chi connectivity index (χ1) is 8.16. The lowest BCUT2D eigenvalue weighted by Gasteiger charge is -2.35. The molecular weight excluding hydrogens is 216 g/mol. The minimum absolute atomic E-state index is 0.156. The normalized spacial score (nSPS) is 20.3. The minimum Gasteiger partial charge on any atom is -0.370 e. The Labute approximate surface area is 101 Å². The molecule has 1 aliphatic rings. The van der Waals surface area contributed by atoms with Crippen molar-refractivity contribution in [2.45, 2.75) is 38.6 Å². The van der Waals surface area contributed by atoms with Gasteiger partial charge in [-0.2, -0.15) is 0 Å². The van der Waals surface area contributed by atoms with Crippen LogP contribution in [0.1, 0.15) is 31.4 Å². The molecule has 0 spiro atoms. The van der Waals surface area contributed by atoms with E-state index in [2.05, 4.69) is 14.9 Å². The van der Waals surface area contributed by atoms with Crippen molar-refractivity contribution in [1.29, 1.82) is 0 Å². The number of hydrogen-bond donors (Lipinski definition) is 1. The van der Waals surface area contributed by atoms with E-state index < -0.39 is 0 Å². The third-order valence-electron chi connectivity index (χ3n) is 3.10. The number of rotatable bonds is 3. The molecule has 0 unspecified atom stereocenters. The Hall–Kier alpha value is -1.65. The zero-order valence-corrected chi connectivity index (χ0v) is 10.1. The quantitative estimate of drug-likeness (QED) is 0.847. The van der Waals surface area contributed by atoms with E-state index in [1.165, 1.54) is 0 Å². The number of nitrogens with two attached hydrogens (primary N) is 1. The van der Waals surface area contributed by atoms with Gasteiger partial charge in [0, 0.05) is 30.9 Å². The molecule has 1 aromatic heterocycles. The second kappa shape index (κ2) is 5.12. The molecule has 17 heavy (non-hydrogen) atoms. The molecule has 1 aliphatic heterocycles. The summed E-state index contributed by atoms with van der Waals surface area (Å²) in [5.74, 6) is 0.463. The molecule has 1 fully saturated rings. The van der Waals surface area contributed by atoms with Gasteiger partial charge < -0.3 is 10.6 Å². The Morgan fingerprint density at radius 1 is 1.59 bits per heavy atom. The summed E-state index contributed by atoms with van der Waals surface area (Å²) < 4.78 is 0. The highest BCUT2D eigenvalue weighted by atomic mass is 16.1. The zero-order valence-electron chi connectivity index (χ0n) is 10.1. The van der Waals surface area contributed by atoms with Crippen LogP contribution in [0.2, 0.25) is 0 Å². The van der Waals surface area contributed by atoms with Crippen molar-refractivity contribution in [1.82, 2.24) is 9.97 Å². The number of carbonyl (C=O) groups excluding carboxylic acids is 1. The van der Waals surface area contributed by atoms with Crippen LogP contribution in [0, 0.1) is 6.92 Å². The van der Waals surface area contributed by atoms with E-state index in [4.69, 9.17) is 5.73 Å². The molecule has 5 heteroatoms. The first-order valence-corrected chi connectivity index (χ1v) is 6.01. The average molecular weight is 234 g/mol. The summed E-state index contributed by atoms with van der Waals surface area (Å²) in [5.41, 5.74) is 6.23. The van der Waals surface area contributed by atoms with Crippen LogP contribution in [0.4, 0.5) is 5.95 Å². The van der Waals surface area contributed by atoms with E-state index in [9.17, 15) is 4.79 Å². The van der Waals surface area contributed by atoms with Gasteiger partial charge in [-0.05, 0) is 32.3 Å². The van der Waals surface area contributed by atoms with Gasteiger partial charge in [0.2, 0.25) is 11.9 Å². The standard InChI is InChI=1S/C12H18N4O/c1-9-5-6-14-12(15-9)16-7-3-2-4-10(16)8-11(13)17/h5-6,10H,2-4,7-8H2,1H3,(H2,13,17)/t10-/m1/s1. The van der Waals surface area contributed by atoms with Crippen LogP contribution in [0.25, 0.3) is 0 Å². The molecule has 0 saturated carbocycles. The maximum atomic E-state index is 11.1. The van der Waals surface area contributed by atoms with Gasteiger partial charge in [-0.3, -0.25) is 4.79 Å². The van der Waals surface area contributed by atoms with Crippen molar-refractivity contribution in [3.8, 4) is 0 Å². The van der Waals surface area contributed by atoms with Gasteiger partial charge in [-0.25, -0.2) is 9.97 Å². The van der Waals surface area contributed by atoms with Crippen LogP contribution >= 0.6 is 0 Å². The van der Waals surface area contributed by atoms with Gasteiger partial charge >= 0.3 is 0 Å². The van der Waals surface area contributed by atoms with Crippen molar-refractivity contribution in [3.63, 3.8) is 0 Å². The monoisotopic (exact) mass is 234 g/mol. The Kier molecular flexibility index (Phi) is 3.56. The Bertz CT molecular complexity index is 407. The van der Waals surface area contributed by atoms with Gasteiger partial charge in [-0.1, -0.05) is 0 Å². The van der Waals surface area contributed by atoms with Crippen LogP contribution in [0.5, 0.6) is 0 Å². The van der Waals surface area contributed by atoms with E-state index in [1.54, 1.807) is 6.20 Å². The van der Waals surface area contributed by atoms with Crippen molar-refractivity contribution in [2.75, 3.05) is 11.4 Å². The molecular formula is C12H18N4O. The number of aromatic nitrogens is 2. The van der Waals surface area contributed by atoms with E-state index in [0.29, 0.717) is 6.42 Å². The van der Waals surface area contributed by atoms with Gasteiger partial charge in [0.25, 0.3) is 0 Å². The number of nitrogens with zero attached hydrogens (tertiary/aromatic N) is 3. The van der Waals surface area contributed by atoms with Gasteiger partial charge in [-0.15, -0.1) is 0 Å². The van der Waals surface area contributed by atoms with E-state index in [0.717, 1.165) is 37.4 Å². The fourth-order valence-corrected chi connectivity index (χ4v) is 2.28. The molecule has 0 bridgehead atoms. The first-order valence-electron chi connectivity index (χ1n) is 6.01. The lowest BCUT2D eigenvalue weighted by Crippen LogP contribution is -2.43. The maximum absolute atomic E-state index is 11.1. The second-order valence-corrected chi connectivity index (χ2v) is 4.51. The third-order valence-corrected chi connectivity index (χ3v) is 3.10. The molecule has 1 aromatic rings. The van der Waals surface area contributed by atoms with E-state index in [1.807, 2.05) is 13.0 Å². The van der Waals surface area contributed by atoms with Crippen LogP contribution in [-0.2, 0) is 4.79 Å². The lowest BCUT2D eigenvalue weighted by molar-refractivity contribution is -0.118. The van der Waals surface area contributed by atoms with Gasteiger partial charge in [0.05, 0.1) is 0 Å². The predicted molar refractivity (Wildman–Crippen MR) is 65.6 cm³/mol. The fourth-order valence-electron chi connectivity index (χ4n) is 2.28. The number of piperidine rings is 1. The summed E-state index contributed by atoms with van der Waals surface area (Å²) in [6.45, 7) is 2.85. The van der Waals surface area contributed by atoms with Crippen molar-refractivity contribution >= 4 is 11.9 Å². The Morgan fingerprint density at radius 3 is 3.12 bits per heavy atom. The number of hydrogen-bond acceptors (Lipinski definition) is 4. The van der Waals surface area contributed by atoms with Crippen LogP contribution in [0.3, 0.4) is 0 Å². The molecule has 2 heterocycles. The number of aryl methyl sites for hydroxylation is 1. The molecule has 1 amide bonds. The summed E-state index contributed by atoms with van der Waals surface area (Å²) in [4.78, 5) is 21.9. The van der Waals surface area contributed by atoms with Crippen LogP contribution < -0.4 is 10.6 Å². The molecule has 0 aliphatic carbocycles. The van der Waals surface area contributed by atoms with Gasteiger partial charge in [0.1, 0.15) is 0 Å². The number of anilines is 1. The van der Waals surface area contributed by atoms with Gasteiger partial charge in [0.15, 0.2) is 0 Å². The van der Waals surface area contributed by atoms with Crippen LogP contribution in [0.15, 0.2) is 12.3 Å². The number of amides is 1. The summed E-state index contributed by atoms with van der Waals surface area (Å²) in [7, 11) is 0. The number of primary amides is 1. The Balaban J connectivity index is 2.18. The third kappa shape index (κ3) is 2.93. The molecule has 2 N–H and O–H groups in total.